The first kappa shape index (κ1) is 13.0. The van der Waals surface area contributed by atoms with Gasteiger partial charge in [0.2, 0.25) is 0 Å². The van der Waals surface area contributed by atoms with Gasteiger partial charge in [0.05, 0.1) is 17.7 Å². The third-order valence-electron chi connectivity index (χ3n) is 1.97. The molecule has 17 heavy (non-hydrogen) atoms. The highest BCUT2D eigenvalue weighted by molar-refractivity contribution is 7.96. The second-order valence-electron chi connectivity index (χ2n) is 3.13. The molecule has 1 aromatic rings. The van der Waals surface area contributed by atoms with E-state index in [-0.39, 0.29) is 5.69 Å². The van der Waals surface area contributed by atoms with E-state index in [4.69, 9.17) is 0 Å². The van der Waals surface area contributed by atoms with Gasteiger partial charge in [-0.15, -0.1) is 0 Å². The summed E-state index contributed by atoms with van der Waals surface area (Å²) in [5.41, 5.74) is 6.66. The number of amidine groups is 1. The van der Waals surface area contributed by atoms with Crippen molar-refractivity contribution in [1.82, 2.24) is 10.9 Å². The Hall–Kier alpha value is -2.02. The lowest BCUT2D eigenvalue weighted by Gasteiger charge is -2.05. The minimum Gasteiger partial charge on any atom is -0.270 e. The molecule has 0 spiro atoms. The Morgan fingerprint density at radius 3 is 2.82 bits per heavy atom. The van der Waals surface area contributed by atoms with Crippen LogP contribution in [0.1, 0.15) is 5.56 Å². The number of rotatable bonds is 4. The van der Waals surface area contributed by atoms with Crippen LogP contribution in [0.4, 0.5) is 5.69 Å². The van der Waals surface area contributed by atoms with Crippen LogP contribution in [0.25, 0.3) is 5.70 Å². The Bertz CT molecular complexity index is 473. The molecule has 0 atom stereocenters. The molecule has 0 fully saturated rings. The van der Waals surface area contributed by atoms with Crippen molar-refractivity contribution < 1.29 is 9.92 Å². The van der Waals surface area contributed by atoms with Crippen molar-refractivity contribution in [1.29, 1.82) is 0 Å². The average Bonchev–Trinajstić information content (AvgIpc) is 2.35. The Kier molecular flexibility index (Phi) is 4.53. The zero-order valence-electron chi connectivity index (χ0n) is 9.23. The summed E-state index contributed by atoms with van der Waals surface area (Å²) in [5.74, 6) is 0. The van der Waals surface area contributed by atoms with E-state index in [2.05, 4.69) is 35.1 Å². The van der Waals surface area contributed by atoms with Crippen LogP contribution < -0.4 is 15.8 Å². The van der Waals surface area contributed by atoms with Crippen LogP contribution in [0.5, 0.6) is 0 Å². The van der Waals surface area contributed by atoms with Gasteiger partial charge in [-0.2, -0.15) is 5.43 Å². The molecule has 0 aromatic heterocycles. The lowest BCUT2D eigenvalue weighted by atomic mass is 10.1. The van der Waals surface area contributed by atoms with E-state index in [0.717, 1.165) is 0 Å². The molecule has 0 aliphatic rings. The number of hydrazine groups is 1. The highest BCUT2D eigenvalue weighted by Gasteiger charge is 2.08. The van der Waals surface area contributed by atoms with Gasteiger partial charge in [-0.25, -0.2) is 5.43 Å². The first-order valence-electron chi connectivity index (χ1n) is 4.74. The van der Waals surface area contributed by atoms with E-state index in [1.165, 1.54) is 12.1 Å². The van der Waals surface area contributed by atoms with Crippen molar-refractivity contribution in [2.75, 3.05) is 7.05 Å². The molecular formula is C10H13N4O2S+. The summed E-state index contributed by atoms with van der Waals surface area (Å²) in [7, 11) is 1.70. The molecule has 0 saturated heterocycles. The molecule has 0 aliphatic carbocycles. The summed E-state index contributed by atoms with van der Waals surface area (Å²) in [6.07, 6.45) is 0. The van der Waals surface area contributed by atoms with Gasteiger partial charge >= 0.3 is 5.17 Å². The maximum atomic E-state index is 10.6. The molecule has 0 amide bonds. The molecule has 6 nitrogen and oxygen atoms in total. The highest BCUT2D eigenvalue weighted by Crippen LogP contribution is 2.16. The summed E-state index contributed by atoms with van der Waals surface area (Å²) in [5, 5.41) is 11.1. The second kappa shape index (κ2) is 5.90. The predicted molar refractivity (Wildman–Crippen MR) is 69.3 cm³/mol. The van der Waals surface area contributed by atoms with E-state index in [9.17, 15) is 10.1 Å². The molecule has 0 radical (unpaired) electrons. The summed E-state index contributed by atoms with van der Waals surface area (Å²) in [6, 6.07) is 6.19. The Morgan fingerprint density at radius 1 is 1.53 bits per heavy atom. The summed E-state index contributed by atoms with van der Waals surface area (Å²) in [4.78, 5) is 12.9. The Morgan fingerprint density at radius 2 is 2.24 bits per heavy atom. The molecule has 3 N–H and O–H groups in total. The average molecular weight is 253 g/mol. The summed E-state index contributed by atoms with van der Waals surface area (Å²) >= 11 is 4.05. The van der Waals surface area contributed by atoms with Crippen LogP contribution in [0, 0.1) is 10.1 Å². The molecule has 0 saturated carbocycles. The van der Waals surface area contributed by atoms with E-state index >= 15 is 0 Å². The molecule has 0 unspecified atom stereocenters. The standard InChI is InChI=1S/C10H12N4O2S/c1-7(12-13-10(17)11-2)8-4-3-5-9(6-8)14(15)16/h3-6,12H,1H2,2H3,(H2,11,13,17)/p+1. The number of nitro groups is 1. The zero-order chi connectivity index (χ0) is 12.8. The number of thiol groups is 1. The Balaban J connectivity index is 2.75. The number of hydrogen-bond acceptors (Lipinski definition) is 3. The maximum Gasteiger partial charge on any atom is 0.324 e. The highest BCUT2D eigenvalue weighted by atomic mass is 32.1. The molecule has 7 heteroatoms. The van der Waals surface area contributed by atoms with Crippen molar-refractivity contribution in [3.8, 4) is 0 Å². The van der Waals surface area contributed by atoms with Crippen LogP contribution in [0.3, 0.4) is 0 Å². The lowest BCUT2D eigenvalue weighted by molar-refractivity contribution is -0.418. The normalized spacial score (nSPS) is 10.8. The zero-order valence-corrected chi connectivity index (χ0v) is 10.1. The molecular weight excluding hydrogens is 240 g/mol. The van der Waals surface area contributed by atoms with Crippen LogP contribution in [0.2, 0.25) is 0 Å². The third kappa shape index (κ3) is 3.80. The number of hydrogen-bond donors (Lipinski definition) is 4. The smallest absolute Gasteiger partial charge is 0.270 e. The molecule has 0 heterocycles. The fraction of sp³-hybridized carbons (Fsp3) is 0.100. The van der Waals surface area contributed by atoms with Crippen molar-refractivity contribution in [2.24, 2.45) is 0 Å². The number of nitrogens with zero attached hydrogens (tertiary/aromatic N) is 1. The van der Waals surface area contributed by atoms with Gasteiger partial charge in [-0.1, -0.05) is 31.3 Å². The monoisotopic (exact) mass is 253 g/mol. The topological polar surface area (TPSA) is 81.2 Å². The minimum absolute atomic E-state index is 0.0224. The van der Waals surface area contributed by atoms with Crippen molar-refractivity contribution >= 4 is 29.2 Å². The fourth-order valence-electron chi connectivity index (χ4n) is 1.08. The molecule has 0 aliphatic heterocycles. The molecule has 1 aromatic carbocycles. The van der Waals surface area contributed by atoms with Gasteiger partial charge in [-0.3, -0.25) is 15.1 Å². The number of nitrogens with one attached hydrogen (secondary N) is 3. The Labute approximate surface area is 104 Å². The number of nitro benzene ring substituents is 1. The van der Waals surface area contributed by atoms with Gasteiger partial charge in [0.15, 0.2) is 0 Å². The van der Waals surface area contributed by atoms with Gasteiger partial charge < -0.3 is 0 Å². The molecule has 90 valence electrons. The lowest BCUT2D eigenvalue weighted by Crippen LogP contribution is -2.71. The third-order valence-corrected chi connectivity index (χ3v) is 2.31. The van der Waals surface area contributed by atoms with Crippen LogP contribution in [-0.4, -0.2) is 17.1 Å². The largest absolute Gasteiger partial charge is 0.324 e. The fourth-order valence-corrected chi connectivity index (χ4v) is 1.13. The van der Waals surface area contributed by atoms with E-state index in [1.807, 2.05) is 0 Å². The summed E-state index contributed by atoms with van der Waals surface area (Å²) in [6.45, 7) is 3.76. The summed E-state index contributed by atoms with van der Waals surface area (Å²) < 4.78 is 0. The van der Waals surface area contributed by atoms with Crippen LogP contribution >= 0.6 is 12.6 Å². The van der Waals surface area contributed by atoms with Crippen molar-refractivity contribution in [2.45, 2.75) is 0 Å². The quantitative estimate of drug-likeness (QED) is 0.194. The van der Waals surface area contributed by atoms with Crippen LogP contribution in [-0.2, 0) is 0 Å². The van der Waals surface area contributed by atoms with E-state index < -0.39 is 4.92 Å². The SMILES string of the molecule is C=C(NNC(S)=[NH+]C)c1cccc([N+](=O)[O-])c1. The van der Waals surface area contributed by atoms with Gasteiger partial charge in [-0.05, 0) is 0 Å². The number of non-ortho nitro benzene ring substituents is 1. The number of benzene rings is 1. The van der Waals surface area contributed by atoms with E-state index in [0.29, 0.717) is 16.4 Å². The van der Waals surface area contributed by atoms with Crippen LogP contribution in [0.15, 0.2) is 30.8 Å². The first-order chi connectivity index (χ1) is 8.04. The van der Waals surface area contributed by atoms with Crippen molar-refractivity contribution in [3.05, 3.63) is 46.5 Å². The molecule has 0 bridgehead atoms. The van der Waals surface area contributed by atoms with Gasteiger partial charge in [0, 0.05) is 17.7 Å². The van der Waals surface area contributed by atoms with Gasteiger partial charge in [0.1, 0.15) is 0 Å². The molecule has 1 rings (SSSR count). The maximum absolute atomic E-state index is 10.6. The first-order valence-corrected chi connectivity index (χ1v) is 5.18. The van der Waals surface area contributed by atoms with Gasteiger partial charge in [0.25, 0.3) is 5.69 Å². The van der Waals surface area contributed by atoms with Crippen molar-refractivity contribution in [3.63, 3.8) is 0 Å². The second-order valence-corrected chi connectivity index (χ2v) is 3.58. The predicted octanol–water partition coefficient (Wildman–Crippen LogP) is -0.344. The van der Waals surface area contributed by atoms with E-state index in [1.54, 1.807) is 19.2 Å². The minimum atomic E-state index is -0.450.